The normalized spacial score (nSPS) is 25.6. The highest BCUT2D eigenvalue weighted by atomic mass is 32.2. The second-order valence-corrected chi connectivity index (χ2v) is 7.61. The van der Waals surface area contributed by atoms with Crippen molar-refractivity contribution in [2.45, 2.75) is 19.8 Å². The summed E-state index contributed by atoms with van der Waals surface area (Å²) >= 11 is 0. The van der Waals surface area contributed by atoms with Crippen molar-refractivity contribution in [1.82, 2.24) is 5.32 Å². The smallest absolute Gasteiger partial charge is 0.150 e. The lowest BCUT2D eigenvalue weighted by atomic mass is 9.81. The van der Waals surface area contributed by atoms with Gasteiger partial charge in [0.25, 0.3) is 0 Å². The number of nitrogens with one attached hydrogen (secondary N) is 1. The van der Waals surface area contributed by atoms with Gasteiger partial charge in [0.15, 0.2) is 9.84 Å². The van der Waals surface area contributed by atoms with Crippen LogP contribution in [0.25, 0.3) is 0 Å². The van der Waals surface area contributed by atoms with Crippen molar-refractivity contribution in [1.29, 1.82) is 0 Å². The second kappa shape index (κ2) is 5.59. The first-order chi connectivity index (χ1) is 8.95. The van der Waals surface area contributed by atoms with Crippen molar-refractivity contribution in [3.63, 3.8) is 0 Å². The minimum Gasteiger partial charge on any atom is -0.316 e. The van der Waals surface area contributed by atoms with Gasteiger partial charge in [-0.3, -0.25) is 0 Å². The molecule has 2 rings (SSSR count). The number of halogens is 1. The third kappa shape index (κ3) is 3.76. The van der Waals surface area contributed by atoms with Gasteiger partial charge < -0.3 is 5.32 Å². The van der Waals surface area contributed by atoms with Gasteiger partial charge in [-0.1, -0.05) is 19.1 Å². The van der Waals surface area contributed by atoms with Gasteiger partial charge in [-0.15, -0.1) is 0 Å². The van der Waals surface area contributed by atoms with Crippen molar-refractivity contribution in [3.05, 3.63) is 35.6 Å². The number of rotatable bonds is 5. The largest absolute Gasteiger partial charge is 0.316 e. The third-order valence-corrected chi connectivity index (χ3v) is 5.57. The van der Waals surface area contributed by atoms with E-state index in [9.17, 15) is 12.8 Å². The van der Waals surface area contributed by atoms with E-state index in [4.69, 9.17) is 0 Å². The monoisotopic (exact) mass is 285 g/mol. The van der Waals surface area contributed by atoms with E-state index in [1.165, 1.54) is 12.1 Å². The van der Waals surface area contributed by atoms with Crippen LogP contribution >= 0.6 is 0 Å². The molecule has 0 bridgehead atoms. The zero-order valence-corrected chi connectivity index (χ0v) is 12.0. The Hall–Kier alpha value is -0.940. The van der Waals surface area contributed by atoms with Crippen LogP contribution in [0, 0.1) is 11.2 Å². The molecule has 1 aliphatic heterocycles. The maximum absolute atomic E-state index is 13.2. The fourth-order valence-electron chi connectivity index (χ4n) is 2.79. The van der Waals surface area contributed by atoms with Crippen LogP contribution in [0.2, 0.25) is 0 Å². The third-order valence-electron chi connectivity index (χ3n) is 3.69. The van der Waals surface area contributed by atoms with Gasteiger partial charge in [0, 0.05) is 12.0 Å². The molecule has 5 heteroatoms. The van der Waals surface area contributed by atoms with Crippen LogP contribution in [-0.2, 0) is 16.3 Å². The Bertz CT molecular complexity index is 544. The highest BCUT2D eigenvalue weighted by molar-refractivity contribution is 7.91. The van der Waals surface area contributed by atoms with Crippen LogP contribution < -0.4 is 5.32 Å². The molecule has 1 unspecified atom stereocenters. The Balaban J connectivity index is 2.19. The molecule has 106 valence electrons. The summed E-state index contributed by atoms with van der Waals surface area (Å²) in [5, 5.41) is 3.25. The lowest BCUT2D eigenvalue weighted by Crippen LogP contribution is -2.37. The quantitative estimate of drug-likeness (QED) is 0.897. The molecule has 0 saturated carbocycles. The molecule has 0 radical (unpaired) electrons. The predicted octanol–water partition coefficient (Wildman–Crippen LogP) is 1.78. The summed E-state index contributed by atoms with van der Waals surface area (Å²) in [6.07, 6.45) is 1.26. The molecule has 1 saturated heterocycles. The van der Waals surface area contributed by atoms with E-state index in [0.717, 1.165) is 12.1 Å². The van der Waals surface area contributed by atoms with Crippen LogP contribution in [0.1, 0.15) is 18.9 Å². The molecule has 1 fully saturated rings. The first-order valence-electron chi connectivity index (χ1n) is 6.60. The molecular weight excluding hydrogens is 265 g/mol. The molecular formula is C14H20FNO2S. The van der Waals surface area contributed by atoms with E-state index in [1.54, 1.807) is 6.07 Å². The summed E-state index contributed by atoms with van der Waals surface area (Å²) in [6, 6.07) is 6.45. The van der Waals surface area contributed by atoms with E-state index in [-0.39, 0.29) is 22.7 Å². The summed E-state index contributed by atoms with van der Waals surface area (Å²) in [4.78, 5) is 0. The summed E-state index contributed by atoms with van der Waals surface area (Å²) in [7, 11) is -2.95. The van der Waals surface area contributed by atoms with Gasteiger partial charge in [0.2, 0.25) is 0 Å². The first kappa shape index (κ1) is 14.5. The fraction of sp³-hybridized carbons (Fsp3) is 0.571. The topological polar surface area (TPSA) is 46.2 Å². The van der Waals surface area contributed by atoms with E-state index in [0.29, 0.717) is 19.4 Å². The SMILES string of the molecule is CCNCC1(Cc2cccc(F)c2)CCS(=O)(=O)C1. The summed E-state index contributed by atoms with van der Waals surface area (Å²) < 4.78 is 36.8. The Labute approximate surface area is 114 Å². The molecule has 0 amide bonds. The molecule has 0 aliphatic carbocycles. The Kier molecular flexibility index (Phi) is 4.26. The highest BCUT2D eigenvalue weighted by Gasteiger charge is 2.41. The highest BCUT2D eigenvalue weighted by Crippen LogP contribution is 2.35. The van der Waals surface area contributed by atoms with E-state index >= 15 is 0 Å². The standard InChI is InChI=1S/C14H20FNO2S/c1-2-16-10-14(6-7-19(17,18)11-14)9-12-4-3-5-13(15)8-12/h3-5,8,16H,2,6-7,9-11H2,1H3. The lowest BCUT2D eigenvalue weighted by molar-refractivity contribution is 0.314. The van der Waals surface area contributed by atoms with Crippen LogP contribution in [0.5, 0.6) is 0 Å². The maximum atomic E-state index is 13.2. The first-order valence-corrected chi connectivity index (χ1v) is 8.42. The van der Waals surface area contributed by atoms with Gasteiger partial charge in [0.1, 0.15) is 5.82 Å². The van der Waals surface area contributed by atoms with Crippen LogP contribution in [-0.4, -0.2) is 33.0 Å². The molecule has 1 aliphatic rings. The van der Waals surface area contributed by atoms with Crippen LogP contribution in [0.4, 0.5) is 4.39 Å². The van der Waals surface area contributed by atoms with E-state index in [2.05, 4.69) is 5.32 Å². The molecule has 1 N–H and O–H groups in total. The molecule has 19 heavy (non-hydrogen) atoms. The molecule has 1 heterocycles. The number of benzene rings is 1. The van der Waals surface area contributed by atoms with Crippen LogP contribution in [0.3, 0.4) is 0 Å². The van der Waals surface area contributed by atoms with Crippen molar-refractivity contribution in [2.75, 3.05) is 24.6 Å². The minimum atomic E-state index is -2.95. The number of sulfone groups is 1. The second-order valence-electron chi connectivity index (χ2n) is 5.43. The average molecular weight is 285 g/mol. The van der Waals surface area contributed by atoms with Gasteiger partial charge in [0.05, 0.1) is 11.5 Å². The summed E-state index contributed by atoms with van der Waals surface area (Å²) in [6.45, 7) is 3.48. The van der Waals surface area contributed by atoms with Crippen molar-refractivity contribution in [3.8, 4) is 0 Å². The van der Waals surface area contributed by atoms with E-state index < -0.39 is 9.84 Å². The fourth-order valence-corrected chi connectivity index (χ4v) is 4.96. The molecule has 0 spiro atoms. The van der Waals surface area contributed by atoms with Gasteiger partial charge in [-0.05, 0) is 37.1 Å². The zero-order valence-electron chi connectivity index (χ0n) is 11.2. The molecule has 1 aromatic carbocycles. The van der Waals surface area contributed by atoms with Crippen LogP contribution in [0.15, 0.2) is 24.3 Å². The number of hydrogen-bond acceptors (Lipinski definition) is 3. The molecule has 0 aromatic heterocycles. The van der Waals surface area contributed by atoms with Crippen molar-refractivity contribution in [2.24, 2.45) is 5.41 Å². The minimum absolute atomic E-state index is 0.198. The molecule has 1 aromatic rings. The van der Waals surface area contributed by atoms with Gasteiger partial charge in [-0.25, -0.2) is 12.8 Å². The van der Waals surface area contributed by atoms with Crippen molar-refractivity contribution >= 4 is 9.84 Å². The van der Waals surface area contributed by atoms with E-state index in [1.807, 2.05) is 13.0 Å². The maximum Gasteiger partial charge on any atom is 0.150 e. The predicted molar refractivity (Wildman–Crippen MR) is 74.4 cm³/mol. The number of hydrogen-bond donors (Lipinski definition) is 1. The molecule has 1 atom stereocenters. The zero-order chi connectivity index (χ0) is 13.9. The average Bonchev–Trinajstić information content (AvgIpc) is 2.63. The van der Waals surface area contributed by atoms with Gasteiger partial charge >= 0.3 is 0 Å². The van der Waals surface area contributed by atoms with Crippen molar-refractivity contribution < 1.29 is 12.8 Å². The lowest BCUT2D eigenvalue weighted by Gasteiger charge is -2.28. The summed E-state index contributed by atoms with van der Waals surface area (Å²) in [5.41, 5.74) is 0.581. The molecule has 3 nitrogen and oxygen atoms in total. The van der Waals surface area contributed by atoms with Gasteiger partial charge in [-0.2, -0.15) is 0 Å². The Morgan fingerprint density at radius 1 is 1.42 bits per heavy atom. The Morgan fingerprint density at radius 2 is 2.21 bits per heavy atom. The Morgan fingerprint density at radius 3 is 2.79 bits per heavy atom. The summed E-state index contributed by atoms with van der Waals surface area (Å²) in [5.74, 6) is 0.175.